The summed E-state index contributed by atoms with van der Waals surface area (Å²) >= 11 is 0. The zero-order valence-electron chi connectivity index (χ0n) is 26.2. The molecule has 11 aromatic rings. The van der Waals surface area contributed by atoms with Crippen molar-refractivity contribution in [2.75, 3.05) is 0 Å². The van der Waals surface area contributed by atoms with E-state index in [1.165, 1.54) is 5.56 Å². The normalized spacial score (nSPS) is 12.1. The molecule has 3 heterocycles. The second-order valence-electron chi connectivity index (χ2n) is 12.7. The average molecular weight is 627 g/mol. The van der Waals surface area contributed by atoms with Crippen molar-refractivity contribution in [3.63, 3.8) is 0 Å². The highest BCUT2D eigenvalue weighted by molar-refractivity contribution is 6.27. The van der Waals surface area contributed by atoms with Crippen molar-refractivity contribution < 1.29 is 13.3 Å². The van der Waals surface area contributed by atoms with Gasteiger partial charge >= 0.3 is 0 Å². The van der Waals surface area contributed by atoms with Crippen LogP contribution in [0.3, 0.4) is 0 Å². The van der Waals surface area contributed by atoms with E-state index < -0.39 is 0 Å². The first-order valence-electron chi connectivity index (χ1n) is 16.6. The maximum absolute atomic E-state index is 6.79. The standard InChI is InChI=1S/C46H26O3/c1-2-12-27(13-3-1)40-26-28-24-25-39-43(44(28)49-40)37-22-11-21-36(46(37)48-39)42-32-17-6-4-15-30(32)41(31-16-5-7-18-33(31)42)35-20-10-19-34-29-14-8-9-23-38(29)47-45(34)35/h1-26H. The molecule has 0 fully saturated rings. The number of para-hydroxylation sites is 3. The van der Waals surface area contributed by atoms with E-state index in [1.807, 2.05) is 30.3 Å². The molecule has 8 aromatic carbocycles. The van der Waals surface area contributed by atoms with Crippen molar-refractivity contribution in [2.45, 2.75) is 0 Å². The van der Waals surface area contributed by atoms with Crippen molar-refractivity contribution in [1.82, 2.24) is 0 Å². The third-order valence-corrected chi connectivity index (χ3v) is 10.1. The summed E-state index contributed by atoms with van der Waals surface area (Å²) in [5, 5.41) is 9.99. The Kier molecular flexibility index (Phi) is 5.38. The molecule has 0 aliphatic heterocycles. The minimum Gasteiger partial charge on any atom is -0.455 e. The van der Waals surface area contributed by atoms with Crippen LogP contribution in [0.15, 0.2) is 171 Å². The van der Waals surface area contributed by atoms with E-state index in [4.69, 9.17) is 13.3 Å². The predicted molar refractivity (Wildman–Crippen MR) is 202 cm³/mol. The van der Waals surface area contributed by atoms with Gasteiger partial charge in [0.25, 0.3) is 0 Å². The minimum absolute atomic E-state index is 0.811. The molecule has 0 aliphatic rings. The van der Waals surface area contributed by atoms with Crippen molar-refractivity contribution >= 4 is 76.4 Å². The number of fused-ring (bicyclic) bond motifs is 10. The van der Waals surface area contributed by atoms with E-state index in [1.54, 1.807) is 0 Å². The number of hydrogen-bond acceptors (Lipinski definition) is 3. The Morgan fingerprint density at radius 2 is 0.857 bits per heavy atom. The summed E-state index contributed by atoms with van der Waals surface area (Å²) < 4.78 is 19.9. The van der Waals surface area contributed by atoms with Crippen molar-refractivity contribution in [1.29, 1.82) is 0 Å². The molecule has 0 saturated heterocycles. The maximum Gasteiger partial charge on any atom is 0.146 e. The van der Waals surface area contributed by atoms with Crippen LogP contribution in [-0.2, 0) is 0 Å². The van der Waals surface area contributed by atoms with Crippen LogP contribution in [0.2, 0.25) is 0 Å². The largest absolute Gasteiger partial charge is 0.455 e. The second-order valence-corrected chi connectivity index (χ2v) is 12.7. The van der Waals surface area contributed by atoms with Gasteiger partial charge in [-0.25, -0.2) is 0 Å². The van der Waals surface area contributed by atoms with Gasteiger partial charge in [-0.05, 0) is 45.8 Å². The molecule has 49 heavy (non-hydrogen) atoms. The molecule has 0 amide bonds. The number of hydrogen-bond donors (Lipinski definition) is 0. The van der Waals surface area contributed by atoms with Gasteiger partial charge in [0.05, 0.1) is 5.39 Å². The molecular weight excluding hydrogens is 601 g/mol. The molecule has 0 spiro atoms. The Bertz CT molecular complexity index is 3040. The van der Waals surface area contributed by atoms with Gasteiger partial charge < -0.3 is 13.3 Å². The maximum atomic E-state index is 6.79. The van der Waals surface area contributed by atoms with E-state index >= 15 is 0 Å². The third kappa shape index (κ3) is 3.73. The summed E-state index contributed by atoms with van der Waals surface area (Å²) in [5.74, 6) is 0.848. The van der Waals surface area contributed by atoms with E-state index in [0.717, 1.165) is 104 Å². The number of benzene rings is 8. The molecule has 0 unspecified atom stereocenters. The lowest BCUT2D eigenvalue weighted by molar-refractivity contribution is 0.633. The van der Waals surface area contributed by atoms with E-state index in [9.17, 15) is 0 Å². The van der Waals surface area contributed by atoms with E-state index in [-0.39, 0.29) is 0 Å². The van der Waals surface area contributed by atoms with Gasteiger partial charge in [0, 0.05) is 49.4 Å². The summed E-state index contributed by atoms with van der Waals surface area (Å²) in [6.07, 6.45) is 0. The molecule has 0 N–H and O–H groups in total. The first-order valence-corrected chi connectivity index (χ1v) is 16.6. The van der Waals surface area contributed by atoms with Gasteiger partial charge in [-0.15, -0.1) is 0 Å². The summed E-state index contributed by atoms with van der Waals surface area (Å²) in [5.41, 5.74) is 9.82. The highest BCUT2D eigenvalue weighted by atomic mass is 16.3. The smallest absolute Gasteiger partial charge is 0.146 e. The molecule has 0 bridgehead atoms. The van der Waals surface area contributed by atoms with Crippen LogP contribution in [0, 0.1) is 0 Å². The Balaban J connectivity index is 1.22. The third-order valence-electron chi connectivity index (χ3n) is 10.1. The monoisotopic (exact) mass is 626 g/mol. The number of rotatable bonds is 3. The molecule has 0 atom stereocenters. The molecule has 3 nitrogen and oxygen atoms in total. The molecule has 0 aliphatic carbocycles. The van der Waals surface area contributed by atoms with Crippen LogP contribution in [0.25, 0.3) is 110 Å². The molecule has 3 aromatic heterocycles. The van der Waals surface area contributed by atoms with Crippen LogP contribution >= 0.6 is 0 Å². The second kappa shape index (κ2) is 9.96. The zero-order valence-corrected chi connectivity index (χ0v) is 26.2. The Morgan fingerprint density at radius 3 is 1.53 bits per heavy atom. The lowest BCUT2D eigenvalue weighted by Gasteiger charge is -2.18. The van der Waals surface area contributed by atoms with Crippen LogP contribution < -0.4 is 0 Å². The predicted octanol–water partition coefficient (Wildman–Crippen LogP) is 13.5. The topological polar surface area (TPSA) is 39.4 Å². The first kappa shape index (κ1) is 26.5. The van der Waals surface area contributed by atoms with Crippen molar-refractivity contribution in [3.8, 4) is 33.6 Å². The minimum atomic E-state index is 0.811. The van der Waals surface area contributed by atoms with E-state index in [0.29, 0.717) is 0 Å². The Labute approximate surface area is 280 Å². The fourth-order valence-corrected chi connectivity index (χ4v) is 7.97. The van der Waals surface area contributed by atoms with Crippen LogP contribution in [0.5, 0.6) is 0 Å². The molecule has 0 saturated carbocycles. The van der Waals surface area contributed by atoms with E-state index in [2.05, 4.69) is 127 Å². The molecular formula is C46H26O3. The fourth-order valence-electron chi connectivity index (χ4n) is 7.97. The molecule has 0 radical (unpaired) electrons. The summed E-state index contributed by atoms with van der Waals surface area (Å²) in [6, 6.07) is 55.2. The van der Waals surface area contributed by atoms with Crippen LogP contribution in [0.4, 0.5) is 0 Å². The quantitative estimate of drug-likeness (QED) is 0.183. The number of furan rings is 3. The van der Waals surface area contributed by atoms with Crippen molar-refractivity contribution in [3.05, 3.63) is 158 Å². The highest BCUT2D eigenvalue weighted by Crippen LogP contribution is 2.49. The van der Waals surface area contributed by atoms with Gasteiger partial charge in [-0.3, -0.25) is 0 Å². The average Bonchev–Trinajstić information content (AvgIpc) is 3.88. The van der Waals surface area contributed by atoms with Gasteiger partial charge in [0.2, 0.25) is 0 Å². The fraction of sp³-hybridized carbons (Fsp3) is 0. The van der Waals surface area contributed by atoms with Gasteiger partial charge in [-0.1, -0.05) is 133 Å². The van der Waals surface area contributed by atoms with Gasteiger partial charge in [-0.2, -0.15) is 0 Å². The Morgan fingerprint density at radius 1 is 0.327 bits per heavy atom. The summed E-state index contributed by atoms with van der Waals surface area (Å²) in [6.45, 7) is 0. The molecule has 3 heteroatoms. The van der Waals surface area contributed by atoms with Crippen molar-refractivity contribution in [2.24, 2.45) is 0 Å². The van der Waals surface area contributed by atoms with Gasteiger partial charge in [0.1, 0.15) is 33.7 Å². The highest BCUT2D eigenvalue weighted by Gasteiger charge is 2.23. The lowest BCUT2D eigenvalue weighted by atomic mass is 9.85. The lowest BCUT2D eigenvalue weighted by Crippen LogP contribution is -1.91. The molecule has 228 valence electrons. The summed E-state index contributed by atoms with van der Waals surface area (Å²) in [7, 11) is 0. The Hall–Kier alpha value is -6.58. The zero-order chi connectivity index (χ0) is 32.1. The van der Waals surface area contributed by atoms with Crippen LogP contribution in [-0.4, -0.2) is 0 Å². The molecule has 11 rings (SSSR count). The van der Waals surface area contributed by atoms with Crippen LogP contribution in [0.1, 0.15) is 0 Å². The first-order chi connectivity index (χ1) is 24.3. The SMILES string of the molecule is c1ccc(-c2cc3ccc4oc5c(-c6c7ccccc7c(-c7cccc8c7oc7ccccc78)c7ccccc67)cccc5c4c3o2)cc1. The van der Waals surface area contributed by atoms with Gasteiger partial charge in [0.15, 0.2) is 0 Å². The summed E-state index contributed by atoms with van der Waals surface area (Å²) in [4.78, 5) is 0.